The minimum absolute atomic E-state index is 0.00937. The van der Waals surface area contributed by atoms with E-state index in [0.29, 0.717) is 23.2 Å². The highest BCUT2D eigenvalue weighted by Gasteiger charge is 2.39. The Labute approximate surface area is 542 Å². The second-order valence-electron chi connectivity index (χ2n) is 23.6. The lowest BCUT2D eigenvalue weighted by atomic mass is 9.93. The maximum Gasteiger partial charge on any atom is 0.410 e. The zero-order valence-electron chi connectivity index (χ0n) is 50.2. The number of hydrogen-bond acceptors (Lipinski definition) is 11. The number of hydrogen-bond donors (Lipinski definition) is 7. The smallest absolute Gasteiger partial charge is 0.410 e. The molecule has 18 nitrogen and oxygen atoms in total. The summed E-state index contributed by atoms with van der Waals surface area (Å²) in [6, 6.07) is 24.8. The number of carbonyl (C=O) groups is 7. The molecule has 0 aromatic heterocycles. The van der Waals surface area contributed by atoms with Crippen molar-refractivity contribution in [2.45, 2.75) is 122 Å². The molecule has 4 atom stereocenters. The number of amides is 7. The van der Waals surface area contributed by atoms with E-state index in [1.165, 1.54) is 53.4 Å². The van der Waals surface area contributed by atoms with Gasteiger partial charge in [-0.05, 0) is 154 Å². The molecule has 482 valence electrons. The Morgan fingerprint density at radius 1 is 0.582 bits per heavy atom. The van der Waals surface area contributed by atoms with Crippen molar-refractivity contribution in [1.29, 1.82) is 0 Å². The van der Waals surface area contributed by atoms with Gasteiger partial charge in [-0.15, -0.1) is 0 Å². The van der Waals surface area contributed by atoms with Crippen molar-refractivity contribution < 1.29 is 65.3 Å². The first kappa shape index (κ1) is 68.8. The number of benzene rings is 6. The Morgan fingerprint density at radius 2 is 1.04 bits per heavy atom. The van der Waals surface area contributed by atoms with Crippen molar-refractivity contribution in [1.82, 2.24) is 31.5 Å². The predicted molar refractivity (Wildman–Crippen MR) is 337 cm³/mol. The summed E-state index contributed by atoms with van der Waals surface area (Å²) in [5.41, 5.74) is 4.76. The third-order valence-corrected chi connectivity index (χ3v) is 16.2. The first-order valence-electron chi connectivity index (χ1n) is 28.9. The third kappa shape index (κ3) is 18.1. The van der Waals surface area contributed by atoms with Crippen LogP contribution >= 0.6 is 46.4 Å². The van der Waals surface area contributed by atoms with E-state index in [1.54, 1.807) is 53.7 Å². The van der Waals surface area contributed by atoms with Crippen molar-refractivity contribution in [2.75, 3.05) is 30.3 Å². The molecule has 7 amide bonds. The largest absolute Gasteiger partial charge is 0.448 e. The number of carbonyl (C=O) groups excluding carboxylic acids is 7. The molecule has 3 aliphatic rings. The van der Waals surface area contributed by atoms with Gasteiger partial charge in [0.15, 0.2) is 11.6 Å². The maximum absolute atomic E-state index is 14.9. The van der Waals surface area contributed by atoms with Crippen LogP contribution in [-0.2, 0) is 59.3 Å². The number of anilines is 2. The van der Waals surface area contributed by atoms with Crippen LogP contribution in [0.4, 0.5) is 43.3 Å². The van der Waals surface area contributed by atoms with Crippen molar-refractivity contribution in [3.8, 4) is 11.1 Å². The molecule has 9 rings (SSSR count). The maximum atomic E-state index is 14.9. The van der Waals surface area contributed by atoms with Crippen LogP contribution in [0.3, 0.4) is 0 Å². The van der Waals surface area contributed by atoms with E-state index < -0.39 is 106 Å². The summed E-state index contributed by atoms with van der Waals surface area (Å²) in [4.78, 5) is 93.4. The fourth-order valence-electron chi connectivity index (χ4n) is 10.3. The number of rotatable bonds is 16. The minimum atomic E-state index is -1.36. The van der Waals surface area contributed by atoms with E-state index in [4.69, 9.17) is 60.6 Å². The molecule has 0 fully saturated rings. The first-order chi connectivity index (χ1) is 43.0. The standard InChI is InChI=1S/C40H38Cl2F2N4O6.C25H28Cl2F2N4O4/c1-40(2,3)54-38(51)45-17-16-32(36(49)46-31-15-14-30(41)34(42)35(31)44)47-37(50)33-19-23-18-24(43)13-12-22(23)20-48(33)39(52)53-21-29-27-10-6-4-8-25(27)26-9-5-7-11-28(26)29;1-25(2,3)37-24(36)30-9-8-18(22(34)32-17-7-6-16(26)20(27)21(17)29)33-23(35)19-11-14-10-15(28)5-4-13(14)12-31-19/h4-15,18,29,32-33H,16-17,19-21H2,1-3H3,(H,45,51)(H,46,49)(H,47,50);4-7,10,18-19,31H,8-9,11-12H2,1-3H3,(H,30,36)(H,32,34)(H,33,35)/t32-,33-;18-,19-/m00/s1. The van der Waals surface area contributed by atoms with Gasteiger partial charge in [0.1, 0.15) is 47.6 Å². The number of ether oxygens (including phenoxy) is 3. The molecule has 6 aromatic rings. The molecule has 0 saturated heterocycles. The molecular formula is C65H66Cl4F4N8O10. The van der Waals surface area contributed by atoms with Crippen LogP contribution in [0.25, 0.3) is 11.1 Å². The fourth-order valence-corrected chi connectivity index (χ4v) is 11.0. The quantitative estimate of drug-likeness (QED) is 0.0273. The molecule has 91 heavy (non-hydrogen) atoms. The zero-order valence-corrected chi connectivity index (χ0v) is 53.2. The van der Waals surface area contributed by atoms with Crippen LogP contribution < -0.4 is 37.2 Å². The summed E-state index contributed by atoms with van der Waals surface area (Å²) in [5.74, 6) is -5.93. The lowest BCUT2D eigenvalue weighted by Gasteiger charge is -2.36. The predicted octanol–water partition coefficient (Wildman–Crippen LogP) is 12.3. The van der Waals surface area contributed by atoms with E-state index >= 15 is 0 Å². The van der Waals surface area contributed by atoms with E-state index in [1.807, 2.05) is 48.5 Å². The van der Waals surface area contributed by atoms with Gasteiger partial charge < -0.3 is 51.4 Å². The second-order valence-corrected chi connectivity index (χ2v) is 25.2. The van der Waals surface area contributed by atoms with Crippen LogP contribution in [0, 0.1) is 23.3 Å². The molecule has 0 spiro atoms. The third-order valence-electron chi connectivity index (χ3n) is 14.7. The number of nitrogens with one attached hydrogen (secondary N) is 7. The molecular weight excluding hydrogens is 1270 g/mol. The van der Waals surface area contributed by atoms with Gasteiger partial charge in [0.25, 0.3) is 0 Å². The van der Waals surface area contributed by atoms with Gasteiger partial charge in [-0.25, -0.2) is 31.9 Å². The van der Waals surface area contributed by atoms with Crippen molar-refractivity contribution >= 4 is 99.7 Å². The topological polar surface area (TPSA) is 235 Å². The van der Waals surface area contributed by atoms with Gasteiger partial charge in [0.05, 0.1) is 44.1 Å². The van der Waals surface area contributed by atoms with Gasteiger partial charge >= 0.3 is 18.3 Å². The highest BCUT2D eigenvalue weighted by molar-refractivity contribution is 6.43. The molecule has 0 bridgehead atoms. The number of fused-ring (bicyclic) bond motifs is 5. The van der Waals surface area contributed by atoms with Crippen molar-refractivity contribution in [2.24, 2.45) is 0 Å². The highest BCUT2D eigenvalue weighted by Crippen LogP contribution is 2.45. The van der Waals surface area contributed by atoms with Crippen LogP contribution in [0.2, 0.25) is 20.1 Å². The van der Waals surface area contributed by atoms with Crippen molar-refractivity contribution in [3.63, 3.8) is 0 Å². The fraction of sp³-hybridized carbons (Fsp3) is 0.338. The van der Waals surface area contributed by atoms with Gasteiger partial charge in [0, 0.05) is 32.0 Å². The van der Waals surface area contributed by atoms with E-state index in [2.05, 4.69) is 37.2 Å². The Hall–Kier alpha value is -8.15. The minimum Gasteiger partial charge on any atom is -0.448 e. The highest BCUT2D eigenvalue weighted by atomic mass is 35.5. The average molecular weight is 1340 g/mol. The lowest BCUT2D eigenvalue weighted by Crippen LogP contribution is -2.56. The number of nitrogens with zero attached hydrogens (tertiary/aromatic N) is 1. The Kier molecular flexibility index (Phi) is 22.6. The summed E-state index contributed by atoms with van der Waals surface area (Å²) >= 11 is 23.5. The zero-order chi connectivity index (χ0) is 66.1. The monoisotopic (exact) mass is 1330 g/mol. The summed E-state index contributed by atoms with van der Waals surface area (Å²) in [6.45, 7) is 10.3. The number of halogens is 8. The summed E-state index contributed by atoms with van der Waals surface area (Å²) in [6.07, 6.45) is -2.30. The molecule has 2 aliphatic heterocycles. The van der Waals surface area contributed by atoms with Crippen molar-refractivity contribution in [3.05, 3.63) is 186 Å². The van der Waals surface area contributed by atoms with Crippen LogP contribution in [0.1, 0.15) is 93.7 Å². The van der Waals surface area contributed by atoms with Crippen LogP contribution in [0.5, 0.6) is 0 Å². The van der Waals surface area contributed by atoms with E-state index in [0.717, 1.165) is 27.8 Å². The normalized spacial score (nSPS) is 15.5. The Bertz CT molecular complexity index is 3710. The van der Waals surface area contributed by atoms with Gasteiger partial charge in [-0.2, -0.15) is 0 Å². The first-order valence-corrected chi connectivity index (χ1v) is 30.4. The average Bonchev–Trinajstić information content (AvgIpc) is 1.68. The molecule has 1 aliphatic carbocycles. The summed E-state index contributed by atoms with van der Waals surface area (Å²) in [5, 5.41) is 17.4. The summed E-state index contributed by atoms with van der Waals surface area (Å²) < 4.78 is 73.9. The Morgan fingerprint density at radius 3 is 1.54 bits per heavy atom. The van der Waals surface area contributed by atoms with Gasteiger partial charge in [-0.3, -0.25) is 24.1 Å². The molecule has 26 heteroatoms. The molecule has 2 heterocycles. The van der Waals surface area contributed by atoms with Crippen LogP contribution in [-0.4, -0.2) is 102 Å². The van der Waals surface area contributed by atoms with Gasteiger partial charge in [-0.1, -0.05) is 107 Å². The van der Waals surface area contributed by atoms with Crippen LogP contribution in [0.15, 0.2) is 109 Å². The molecule has 6 aromatic carbocycles. The molecule has 0 radical (unpaired) electrons. The molecule has 0 saturated carbocycles. The van der Waals surface area contributed by atoms with Gasteiger partial charge in [0.2, 0.25) is 23.6 Å². The SMILES string of the molecule is CC(C)(C)OC(=O)NCC[C@H](NC(=O)[C@@H]1Cc2cc(F)ccc2CN1)C(=O)Nc1ccc(Cl)c(Cl)c1F.CC(C)(C)OC(=O)NCC[C@H](NC(=O)[C@@H]1Cc2cc(F)ccc2CN1C(=O)OCC1c2ccccc2-c2ccccc21)C(=O)Nc1ccc(Cl)c(Cl)c1F. The lowest BCUT2D eigenvalue weighted by molar-refractivity contribution is -0.130. The summed E-state index contributed by atoms with van der Waals surface area (Å²) in [7, 11) is 0. The molecule has 7 N–H and O–H groups in total. The Balaban J connectivity index is 0.000000252. The number of alkyl carbamates (subject to hydrolysis) is 2. The van der Waals surface area contributed by atoms with E-state index in [-0.39, 0.29) is 84.3 Å². The molecule has 0 unspecified atom stereocenters. The second kappa shape index (κ2) is 29.9. The van der Waals surface area contributed by atoms with E-state index in [9.17, 15) is 51.1 Å².